The molecule has 3 rings (SSSR count). The van der Waals surface area contributed by atoms with Crippen LogP contribution in [-0.2, 0) is 4.74 Å². The molecule has 2 amide bonds. The molecule has 0 atom stereocenters. The van der Waals surface area contributed by atoms with E-state index >= 15 is 0 Å². The van der Waals surface area contributed by atoms with Gasteiger partial charge in [0.15, 0.2) is 0 Å². The van der Waals surface area contributed by atoms with Crippen LogP contribution in [0.4, 0.5) is 10.6 Å². The van der Waals surface area contributed by atoms with E-state index in [0.717, 1.165) is 64.6 Å². The summed E-state index contributed by atoms with van der Waals surface area (Å²) in [6, 6.07) is 0.0331. The fourth-order valence-corrected chi connectivity index (χ4v) is 3.33. The molecule has 1 aromatic heterocycles. The predicted octanol–water partition coefficient (Wildman–Crippen LogP) is 0.642. The molecule has 0 bridgehead atoms. The van der Waals surface area contributed by atoms with Gasteiger partial charge in [-0.15, -0.1) is 0 Å². The molecule has 2 aliphatic heterocycles. The van der Waals surface area contributed by atoms with Crippen LogP contribution in [0, 0.1) is 5.92 Å². The minimum Gasteiger partial charge on any atom is -0.379 e. The Hall–Kier alpha value is -1.93. The minimum absolute atomic E-state index is 0.0331. The van der Waals surface area contributed by atoms with Gasteiger partial charge in [-0.25, -0.2) is 9.78 Å². The van der Waals surface area contributed by atoms with Gasteiger partial charge in [0.2, 0.25) is 0 Å². The summed E-state index contributed by atoms with van der Waals surface area (Å²) >= 11 is 0. The van der Waals surface area contributed by atoms with Crippen LogP contribution in [0.2, 0.25) is 0 Å². The molecular weight excluding hydrogens is 320 g/mol. The zero-order valence-corrected chi connectivity index (χ0v) is 14.7. The third-order valence-electron chi connectivity index (χ3n) is 4.79. The first-order valence-electron chi connectivity index (χ1n) is 9.14. The van der Waals surface area contributed by atoms with Gasteiger partial charge in [0.25, 0.3) is 0 Å². The maximum atomic E-state index is 12.2. The van der Waals surface area contributed by atoms with Crippen molar-refractivity contribution in [3.05, 3.63) is 18.6 Å². The molecule has 0 saturated carbocycles. The summed E-state index contributed by atoms with van der Waals surface area (Å²) in [4.78, 5) is 24.8. The number of rotatable bonds is 6. The van der Waals surface area contributed by atoms with E-state index in [1.165, 1.54) is 0 Å². The zero-order chi connectivity index (χ0) is 17.3. The summed E-state index contributed by atoms with van der Waals surface area (Å²) in [5.74, 6) is 1.42. The van der Waals surface area contributed by atoms with Crippen LogP contribution in [0.3, 0.4) is 0 Å². The van der Waals surface area contributed by atoms with Gasteiger partial charge >= 0.3 is 6.03 Å². The molecule has 8 heteroatoms. The summed E-state index contributed by atoms with van der Waals surface area (Å²) in [6.07, 6.45) is 7.12. The van der Waals surface area contributed by atoms with Crippen LogP contribution in [0.5, 0.6) is 0 Å². The number of piperidine rings is 1. The molecule has 2 N–H and O–H groups in total. The number of nitrogens with zero attached hydrogens (tertiary/aromatic N) is 4. The van der Waals surface area contributed by atoms with Gasteiger partial charge in [0, 0.05) is 58.2 Å². The summed E-state index contributed by atoms with van der Waals surface area (Å²) in [5.41, 5.74) is 0. The van der Waals surface area contributed by atoms with Crippen molar-refractivity contribution in [2.24, 2.45) is 5.92 Å². The molecule has 1 aromatic rings. The monoisotopic (exact) mass is 348 g/mol. The number of ether oxygens (including phenoxy) is 1. The lowest BCUT2D eigenvalue weighted by Crippen LogP contribution is -2.47. The summed E-state index contributed by atoms with van der Waals surface area (Å²) in [5, 5.41) is 6.10. The van der Waals surface area contributed by atoms with Crippen molar-refractivity contribution in [1.29, 1.82) is 0 Å². The number of nitrogens with one attached hydrogen (secondary N) is 2. The Morgan fingerprint density at radius 3 is 2.68 bits per heavy atom. The van der Waals surface area contributed by atoms with E-state index in [9.17, 15) is 4.79 Å². The summed E-state index contributed by atoms with van der Waals surface area (Å²) in [6.45, 7) is 7.82. The number of carbonyl (C=O) groups is 1. The maximum absolute atomic E-state index is 12.2. The number of hydrogen-bond donors (Lipinski definition) is 2. The number of urea groups is 1. The second-order valence-electron chi connectivity index (χ2n) is 6.59. The predicted molar refractivity (Wildman–Crippen MR) is 95.5 cm³/mol. The SMILES string of the molecule is O=C(NCCNc1cnccn1)N1CCC(CN2CCOCC2)CC1. The molecule has 8 nitrogen and oxygen atoms in total. The lowest BCUT2D eigenvalue weighted by Gasteiger charge is -2.36. The van der Waals surface area contributed by atoms with Gasteiger partial charge in [-0.1, -0.05) is 0 Å². The standard InChI is InChI=1S/C17H28N6O2/c24-17(21-6-5-20-16-13-18-3-4-19-16)23-7-1-15(2-8-23)14-22-9-11-25-12-10-22/h3-4,13,15H,1-2,5-12,14H2,(H,19,20)(H,21,24). The lowest BCUT2D eigenvalue weighted by molar-refractivity contribution is 0.0258. The quantitative estimate of drug-likeness (QED) is 0.734. The zero-order valence-electron chi connectivity index (χ0n) is 14.7. The molecule has 0 spiro atoms. The highest BCUT2D eigenvalue weighted by Crippen LogP contribution is 2.19. The van der Waals surface area contributed by atoms with Crippen molar-refractivity contribution in [3.8, 4) is 0 Å². The molecule has 3 heterocycles. The highest BCUT2D eigenvalue weighted by molar-refractivity contribution is 5.74. The number of hydrogen-bond acceptors (Lipinski definition) is 6. The first-order chi connectivity index (χ1) is 12.3. The van der Waals surface area contributed by atoms with E-state index in [2.05, 4.69) is 25.5 Å². The molecule has 25 heavy (non-hydrogen) atoms. The van der Waals surface area contributed by atoms with E-state index in [1.807, 2.05) is 4.90 Å². The van der Waals surface area contributed by atoms with Gasteiger partial charge in [-0.2, -0.15) is 0 Å². The molecular formula is C17H28N6O2. The molecule has 2 saturated heterocycles. The number of aromatic nitrogens is 2. The van der Waals surface area contributed by atoms with Gasteiger partial charge in [0.1, 0.15) is 5.82 Å². The molecule has 0 unspecified atom stereocenters. The number of anilines is 1. The van der Waals surface area contributed by atoms with Crippen LogP contribution in [-0.4, -0.2) is 84.8 Å². The molecule has 0 aliphatic carbocycles. The normalized spacial score (nSPS) is 19.6. The summed E-state index contributed by atoms with van der Waals surface area (Å²) < 4.78 is 5.40. The van der Waals surface area contributed by atoms with Gasteiger partial charge in [0.05, 0.1) is 19.4 Å². The molecule has 0 radical (unpaired) electrons. The van der Waals surface area contributed by atoms with Crippen molar-refractivity contribution in [2.75, 3.05) is 64.3 Å². The van der Waals surface area contributed by atoms with Crippen molar-refractivity contribution in [2.45, 2.75) is 12.8 Å². The number of morpholine rings is 1. The Balaban J connectivity index is 1.28. The average molecular weight is 348 g/mol. The van der Waals surface area contributed by atoms with Crippen LogP contribution in [0.25, 0.3) is 0 Å². The molecule has 138 valence electrons. The maximum Gasteiger partial charge on any atom is 0.317 e. The second-order valence-corrected chi connectivity index (χ2v) is 6.59. The number of likely N-dealkylation sites (tertiary alicyclic amines) is 1. The van der Waals surface area contributed by atoms with E-state index in [1.54, 1.807) is 18.6 Å². The largest absolute Gasteiger partial charge is 0.379 e. The molecule has 2 aliphatic rings. The Bertz CT molecular complexity index is 515. The third-order valence-corrected chi connectivity index (χ3v) is 4.79. The molecule has 2 fully saturated rings. The molecule has 0 aromatic carbocycles. The van der Waals surface area contributed by atoms with Crippen molar-refractivity contribution < 1.29 is 9.53 Å². The fraction of sp³-hybridized carbons (Fsp3) is 0.706. The van der Waals surface area contributed by atoms with Crippen LogP contribution >= 0.6 is 0 Å². The van der Waals surface area contributed by atoms with E-state index in [0.29, 0.717) is 19.0 Å². The van der Waals surface area contributed by atoms with Crippen molar-refractivity contribution in [3.63, 3.8) is 0 Å². The Morgan fingerprint density at radius 2 is 1.96 bits per heavy atom. The number of amides is 2. The average Bonchev–Trinajstić information content (AvgIpc) is 2.67. The van der Waals surface area contributed by atoms with Crippen LogP contribution < -0.4 is 10.6 Å². The summed E-state index contributed by atoms with van der Waals surface area (Å²) in [7, 11) is 0. The van der Waals surface area contributed by atoms with Gasteiger partial charge in [-0.3, -0.25) is 9.88 Å². The fourth-order valence-electron chi connectivity index (χ4n) is 3.33. The third kappa shape index (κ3) is 5.82. The first kappa shape index (κ1) is 17.9. The topological polar surface area (TPSA) is 82.6 Å². The first-order valence-corrected chi connectivity index (χ1v) is 9.14. The Morgan fingerprint density at radius 1 is 1.16 bits per heavy atom. The number of carbonyl (C=O) groups excluding carboxylic acids is 1. The van der Waals surface area contributed by atoms with Crippen LogP contribution in [0.15, 0.2) is 18.6 Å². The van der Waals surface area contributed by atoms with Crippen molar-refractivity contribution >= 4 is 11.8 Å². The van der Waals surface area contributed by atoms with Gasteiger partial charge < -0.3 is 20.3 Å². The van der Waals surface area contributed by atoms with E-state index in [4.69, 9.17) is 4.74 Å². The van der Waals surface area contributed by atoms with E-state index < -0.39 is 0 Å². The Kier molecular flexibility index (Phi) is 6.81. The minimum atomic E-state index is 0.0331. The Labute approximate surface area is 148 Å². The smallest absolute Gasteiger partial charge is 0.317 e. The highest BCUT2D eigenvalue weighted by Gasteiger charge is 2.24. The lowest BCUT2D eigenvalue weighted by atomic mass is 9.96. The second kappa shape index (κ2) is 9.53. The van der Waals surface area contributed by atoms with Gasteiger partial charge in [-0.05, 0) is 18.8 Å². The van der Waals surface area contributed by atoms with E-state index in [-0.39, 0.29) is 6.03 Å². The van der Waals surface area contributed by atoms with Crippen LogP contribution in [0.1, 0.15) is 12.8 Å². The highest BCUT2D eigenvalue weighted by atomic mass is 16.5. The van der Waals surface area contributed by atoms with Crippen molar-refractivity contribution in [1.82, 2.24) is 25.1 Å².